The number of benzene rings is 1. The zero-order chi connectivity index (χ0) is 20.5. The maximum Gasteiger partial charge on any atom is 0.167 e. The summed E-state index contributed by atoms with van der Waals surface area (Å²) in [4.78, 5) is 15.0. The smallest absolute Gasteiger partial charge is 0.167 e. The largest absolute Gasteiger partial charge is 0.394 e. The Bertz CT molecular complexity index is 966. The Balaban J connectivity index is 1.64. The zero-order valence-electron chi connectivity index (χ0n) is 16.3. The van der Waals surface area contributed by atoms with E-state index in [4.69, 9.17) is 4.74 Å². The predicted octanol–water partition coefficient (Wildman–Crippen LogP) is 1.03. The van der Waals surface area contributed by atoms with Gasteiger partial charge in [0.05, 0.1) is 31.2 Å². The third-order valence-electron chi connectivity index (χ3n) is 5.53. The van der Waals surface area contributed by atoms with Crippen molar-refractivity contribution < 1.29 is 20.1 Å². The number of rotatable bonds is 6. The van der Waals surface area contributed by atoms with E-state index in [1.54, 1.807) is 10.9 Å². The van der Waals surface area contributed by atoms with E-state index in [-0.39, 0.29) is 12.6 Å². The lowest BCUT2D eigenvalue weighted by atomic mass is 10.0. The molecule has 3 N–H and O–H groups in total. The van der Waals surface area contributed by atoms with Gasteiger partial charge in [0.25, 0.3) is 0 Å². The van der Waals surface area contributed by atoms with E-state index in [1.807, 2.05) is 49.2 Å². The highest BCUT2D eigenvalue weighted by Gasteiger charge is 2.36. The Morgan fingerprint density at radius 1 is 1.24 bits per heavy atom. The molecule has 0 spiro atoms. The number of hydrogen-bond acceptors (Lipinski definition) is 8. The predicted molar refractivity (Wildman–Crippen MR) is 106 cm³/mol. The first-order valence-corrected chi connectivity index (χ1v) is 9.59. The molecule has 2 aromatic heterocycles. The minimum absolute atomic E-state index is 0.155. The van der Waals surface area contributed by atoms with E-state index < -0.39 is 24.5 Å². The van der Waals surface area contributed by atoms with Gasteiger partial charge >= 0.3 is 0 Å². The van der Waals surface area contributed by atoms with E-state index in [0.29, 0.717) is 23.4 Å². The lowest BCUT2D eigenvalue weighted by Crippen LogP contribution is -2.35. The standard InChI is InChI=1S/C20H25N5O4/c1-12(17(28)13-6-4-3-5-7-13)24(2)18-16-19(22-10-21-18)25(11-23-16)20-15(27)8-14(9-26)29-20/h3-7,10-12,14-15,17,20,26-28H,8-9H2,1-2H3. The number of imidazole rings is 1. The molecule has 1 aliphatic rings. The molecule has 1 saturated heterocycles. The molecule has 4 rings (SSSR count). The molecule has 0 saturated carbocycles. The van der Waals surface area contributed by atoms with E-state index in [9.17, 15) is 15.3 Å². The molecule has 1 aliphatic heterocycles. The number of hydrogen-bond donors (Lipinski definition) is 3. The van der Waals surface area contributed by atoms with Crippen LogP contribution < -0.4 is 4.90 Å². The normalized spacial score (nSPS) is 24.0. The van der Waals surface area contributed by atoms with Crippen LogP contribution in [0.15, 0.2) is 43.0 Å². The minimum atomic E-state index is -0.764. The molecule has 154 valence electrons. The lowest BCUT2D eigenvalue weighted by molar-refractivity contribution is -0.0486. The molecule has 0 bridgehead atoms. The molecule has 9 nitrogen and oxygen atoms in total. The van der Waals surface area contributed by atoms with Crippen molar-refractivity contribution in [1.29, 1.82) is 0 Å². The molecule has 3 aromatic rings. The summed E-state index contributed by atoms with van der Waals surface area (Å²) in [7, 11) is 1.85. The average molecular weight is 399 g/mol. The van der Waals surface area contributed by atoms with Crippen LogP contribution in [-0.4, -0.2) is 66.7 Å². The molecule has 0 radical (unpaired) electrons. The van der Waals surface area contributed by atoms with E-state index in [0.717, 1.165) is 5.56 Å². The first-order chi connectivity index (χ1) is 14.0. The number of fused-ring (bicyclic) bond motifs is 1. The molecule has 0 amide bonds. The summed E-state index contributed by atoms with van der Waals surface area (Å²) in [5.41, 5.74) is 1.89. The van der Waals surface area contributed by atoms with E-state index in [2.05, 4.69) is 15.0 Å². The summed E-state index contributed by atoms with van der Waals surface area (Å²) >= 11 is 0. The Morgan fingerprint density at radius 3 is 2.69 bits per heavy atom. The van der Waals surface area contributed by atoms with Crippen molar-refractivity contribution in [3.8, 4) is 0 Å². The van der Waals surface area contributed by atoms with Gasteiger partial charge in [0.1, 0.15) is 12.4 Å². The van der Waals surface area contributed by atoms with Crippen LogP contribution in [0.3, 0.4) is 0 Å². The van der Waals surface area contributed by atoms with Gasteiger partial charge in [-0.05, 0) is 12.5 Å². The minimum Gasteiger partial charge on any atom is -0.394 e. The molecule has 1 fully saturated rings. The summed E-state index contributed by atoms with van der Waals surface area (Å²) in [5, 5.41) is 30.4. The second-order valence-corrected chi connectivity index (χ2v) is 7.36. The summed E-state index contributed by atoms with van der Waals surface area (Å²) < 4.78 is 7.39. The van der Waals surface area contributed by atoms with Crippen LogP contribution in [0.1, 0.15) is 31.2 Å². The highest BCUT2D eigenvalue weighted by Crippen LogP contribution is 2.33. The molecule has 29 heavy (non-hydrogen) atoms. The van der Waals surface area contributed by atoms with Gasteiger partial charge in [-0.25, -0.2) is 15.0 Å². The number of aliphatic hydroxyl groups is 3. The van der Waals surface area contributed by atoms with Gasteiger partial charge in [0.2, 0.25) is 0 Å². The molecule has 5 unspecified atom stereocenters. The first kappa shape index (κ1) is 19.7. The number of nitrogens with zero attached hydrogens (tertiary/aromatic N) is 5. The third kappa shape index (κ3) is 3.58. The van der Waals surface area contributed by atoms with Gasteiger partial charge in [-0.15, -0.1) is 0 Å². The second-order valence-electron chi connectivity index (χ2n) is 7.36. The van der Waals surface area contributed by atoms with E-state index >= 15 is 0 Å². The van der Waals surface area contributed by atoms with Crippen molar-refractivity contribution in [2.45, 2.75) is 43.9 Å². The van der Waals surface area contributed by atoms with Crippen LogP contribution >= 0.6 is 0 Å². The van der Waals surface area contributed by atoms with Crippen molar-refractivity contribution in [3.05, 3.63) is 48.5 Å². The molecular formula is C20H25N5O4. The van der Waals surface area contributed by atoms with Gasteiger partial charge in [-0.2, -0.15) is 0 Å². The Labute approximate surface area is 168 Å². The molecule has 3 heterocycles. The summed E-state index contributed by atoms with van der Waals surface area (Å²) in [6.45, 7) is 1.76. The number of ether oxygens (including phenoxy) is 1. The fraction of sp³-hybridized carbons (Fsp3) is 0.450. The van der Waals surface area contributed by atoms with Crippen LogP contribution in [0.4, 0.5) is 5.82 Å². The Kier molecular flexibility index (Phi) is 5.46. The lowest BCUT2D eigenvalue weighted by Gasteiger charge is -2.30. The van der Waals surface area contributed by atoms with Crippen LogP contribution in [0, 0.1) is 0 Å². The number of aromatic nitrogens is 4. The Morgan fingerprint density at radius 2 is 2.00 bits per heavy atom. The maximum atomic E-state index is 10.8. The van der Waals surface area contributed by atoms with Crippen LogP contribution in [0.25, 0.3) is 11.2 Å². The van der Waals surface area contributed by atoms with Gasteiger partial charge in [-0.3, -0.25) is 4.57 Å². The van der Waals surface area contributed by atoms with Gasteiger partial charge in [0, 0.05) is 13.5 Å². The highest BCUT2D eigenvalue weighted by molar-refractivity contribution is 5.83. The van der Waals surface area contributed by atoms with Gasteiger partial charge < -0.3 is 25.0 Å². The maximum absolute atomic E-state index is 10.8. The molecular weight excluding hydrogens is 374 g/mol. The fourth-order valence-electron chi connectivity index (χ4n) is 3.72. The molecule has 9 heteroatoms. The number of aliphatic hydroxyl groups excluding tert-OH is 3. The molecule has 0 aliphatic carbocycles. The Hall–Kier alpha value is -2.59. The van der Waals surface area contributed by atoms with Crippen molar-refractivity contribution in [2.75, 3.05) is 18.6 Å². The fourth-order valence-corrected chi connectivity index (χ4v) is 3.72. The van der Waals surface area contributed by atoms with E-state index in [1.165, 1.54) is 6.33 Å². The number of likely N-dealkylation sites (N-methyl/N-ethyl adjacent to an activating group) is 1. The first-order valence-electron chi connectivity index (χ1n) is 9.59. The SMILES string of the molecule is CC(C(O)c1ccccc1)N(C)c1ncnc2c1ncn2C1OC(CO)CC1O. The van der Waals surface area contributed by atoms with Gasteiger partial charge in [-0.1, -0.05) is 30.3 Å². The molecule has 1 aromatic carbocycles. The van der Waals surface area contributed by atoms with Crippen LogP contribution in [-0.2, 0) is 4.74 Å². The van der Waals surface area contributed by atoms with Crippen molar-refractivity contribution in [2.24, 2.45) is 0 Å². The van der Waals surface area contributed by atoms with Crippen LogP contribution in [0.2, 0.25) is 0 Å². The van der Waals surface area contributed by atoms with Crippen molar-refractivity contribution in [1.82, 2.24) is 19.5 Å². The van der Waals surface area contributed by atoms with Crippen molar-refractivity contribution in [3.63, 3.8) is 0 Å². The van der Waals surface area contributed by atoms with Gasteiger partial charge in [0.15, 0.2) is 23.2 Å². The van der Waals surface area contributed by atoms with Crippen molar-refractivity contribution >= 4 is 17.0 Å². The summed E-state index contributed by atoms with van der Waals surface area (Å²) in [6, 6.07) is 9.19. The molecule has 5 atom stereocenters. The highest BCUT2D eigenvalue weighted by atomic mass is 16.5. The zero-order valence-corrected chi connectivity index (χ0v) is 16.3. The number of anilines is 1. The quantitative estimate of drug-likeness (QED) is 0.563. The third-order valence-corrected chi connectivity index (χ3v) is 5.53. The topological polar surface area (TPSA) is 117 Å². The monoisotopic (exact) mass is 399 g/mol. The average Bonchev–Trinajstić information content (AvgIpc) is 3.35. The summed E-state index contributed by atoms with van der Waals surface area (Å²) in [6.07, 6.45) is 0.772. The summed E-state index contributed by atoms with van der Waals surface area (Å²) in [5.74, 6) is 0.572. The van der Waals surface area contributed by atoms with Crippen LogP contribution in [0.5, 0.6) is 0 Å². The second kappa shape index (κ2) is 8.03.